The highest BCUT2D eigenvalue weighted by Crippen LogP contribution is 2.15. The number of carbonyl (C=O) groups excluding carboxylic acids is 2. The highest BCUT2D eigenvalue weighted by atomic mass is 16.3. The molecule has 5 nitrogen and oxygen atoms in total. The molecular weight excluding hydrogens is 472 g/mol. The molecule has 0 aromatic heterocycles. The second-order valence-electron chi connectivity index (χ2n) is 11.0. The van der Waals surface area contributed by atoms with Crippen molar-refractivity contribution in [3.63, 3.8) is 0 Å². The largest absolute Gasteiger partial charge is 0.508 e. The molecule has 1 aromatic rings. The number of ketones is 1. The molecule has 0 aliphatic carbocycles. The van der Waals surface area contributed by atoms with Crippen LogP contribution in [0.4, 0.5) is 4.79 Å². The molecule has 0 saturated heterocycles. The molecule has 0 bridgehead atoms. The number of hydrogen-bond acceptors (Lipinski definition) is 3. The van der Waals surface area contributed by atoms with Crippen molar-refractivity contribution in [3.05, 3.63) is 29.8 Å². The number of carbonyl (C=O) groups is 2. The van der Waals surface area contributed by atoms with Crippen LogP contribution in [-0.4, -0.2) is 30.0 Å². The van der Waals surface area contributed by atoms with E-state index in [1.807, 2.05) is 0 Å². The highest BCUT2D eigenvalue weighted by Gasteiger charge is 2.05. The zero-order valence-electron chi connectivity index (χ0n) is 24.5. The van der Waals surface area contributed by atoms with Gasteiger partial charge in [-0.25, -0.2) is 4.79 Å². The van der Waals surface area contributed by atoms with Gasteiger partial charge in [0.05, 0.1) is 0 Å². The van der Waals surface area contributed by atoms with Gasteiger partial charge in [0.1, 0.15) is 5.75 Å². The lowest BCUT2D eigenvalue weighted by atomic mass is 10.0. The number of benzene rings is 1. The summed E-state index contributed by atoms with van der Waals surface area (Å²) in [5.41, 5.74) is 0.689. The maximum Gasteiger partial charge on any atom is 0.314 e. The van der Waals surface area contributed by atoms with Crippen molar-refractivity contribution >= 4 is 11.8 Å². The van der Waals surface area contributed by atoms with Gasteiger partial charge in [0.25, 0.3) is 0 Å². The lowest BCUT2D eigenvalue weighted by molar-refractivity contribution is 0.0979. The van der Waals surface area contributed by atoms with Crippen LogP contribution in [-0.2, 0) is 0 Å². The average molecular weight is 531 g/mol. The Bertz CT molecular complexity index is 690. The maximum atomic E-state index is 12.1. The van der Waals surface area contributed by atoms with E-state index in [2.05, 4.69) is 17.6 Å². The van der Waals surface area contributed by atoms with E-state index >= 15 is 0 Å². The van der Waals surface area contributed by atoms with Crippen LogP contribution in [0.2, 0.25) is 0 Å². The molecule has 0 radical (unpaired) electrons. The summed E-state index contributed by atoms with van der Waals surface area (Å²) < 4.78 is 0. The van der Waals surface area contributed by atoms with Gasteiger partial charge in [-0.3, -0.25) is 4.79 Å². The van der Waals surface area contributed by atoms with Crippen LogP contribution < -0.4 is 10.6 Å². The van der Waals surface area contributed by atoms with E-state index < -0.39 is 0 Å². The molecule has 0 heterocycles. The number of urea groups is 1. The summed E-state index contributed by atoms with van der Waals surface area (Å²) in [7, 11) is 0. The van der Waals surface area contributed by atoms with Crippen LogP contribution in [0.15, 0.2) is 24.3 Å². The van der Waals surface area contributed by atoms with Crippen LogP contribution in [0.3, 0.4) is 0 Å². The molecule has 3 N–H and O–H groups in total. The Morgan fingerprint density at radius 2 is 0.921 bits per heavy atom. The summed E-state index contributed by atoms with van der Waals surface area (Å²) in [5, 5.41) is 15.3. The van der Waals surface area contributed by atoms with Crippen molar-refractivity contribution in [3.8, 4) is 5.75 Å². The van der Waals surface area contributed by atoms with E-state index in [1.54, 1.807) is 24.3 Å². The van der Waals surface area contributed by atoms with Crippen LogP contribution in [0, 0.1) is 0 Å². The first-order valence-electron chi connectivity index (χ1n) is 16.0. The Morgan fingerprint density at radius 1 is 0.553 bits per heavy atom. The summed E-state index contributed by atoms with van der Waals surface area (Å²) in [5.74, 6) is 0.361. The van der Waals surface area contributed by atoms with Gasteiger partial charge in [0.2, 0.25) is 0 Å². The monoisotopic (exact) mass is 530 g/mol. The van der Waals surface area contributed by atoms with E-state index in [-0.39, 0.29) is 17.6 Å². The Labute approximate surface area is 234 Å². The minimum Gasteiger partial charge on any atom is -0.508 e. The SMILES string of the molecule is CCCCCCCCCCCCCCNC(=O)NCCCCCCCCCCCC(=O)c1ccc(O)cc1. The topological polar surface area (TPSA) is 78.4 Å². The van der Waals surface area contributed by atoms with Gasteiger partial charge in [-0.05, 0) is 43.5 Å². The fraction of sp³-hybridized carbons (Fsp3) is 0.758. The first-order chi connectivity index (χ1) is 18.6. The van der Waals surface area contributed by atoms with Crippen LogP contribution >= 0.6 is 0 Å². The minimum atomic E-state index is -0.0167. The van der Waals surface area contributed by atoms with Gasteiger partial charge in [-0.15, -0.1) is 0 Å². The quantitative estimate of drug-likeness (QED) is 0.0824. The lowest BCUT2D eigenvalue weighted by Gasteiger charge is -2.08. The van der Waals surface area contributed by atoms with Crippen molar-refractivity contribution in [1.29, 1.82) is 0 Å². The number of phenolic OH excluding ortho intramolecular Hbond substituents is 1. The zero-order valence-corrected chi connectivity index (χ0v) is 24.5. The molecule has 0 aliphatic heterocycles. The molecule has 1 aromatic carbocycles. The van der Waals surface area contributed by atoms with Crippen molar-refractivity contribution < 1.29 is 14.7 Å². The number of nitrogens with one attached hydrogen (secondary N) is 2. The van der Waals surface area contributed by atoms with Crippen LogP contribution in [0.5, 0.6) is 5.75 Å². The van der Waals surface area contributed by atoms with E-state index in [0.29, 0.717) is 12.0 Å². The van der Waals surface area contributed by atoms with Crippen LogP contribution in [0.1, 0.15) is 159 Å². The number of amides is 2. The predicted octanol–water partition coefficient (Wildman–Crippen LogP) is 9.48. The third-order valence-electron chi connectivity index (χ3n) is 7.37. The van der Waals surface area contributed by atoms with Crippen molar-refractivity contribution in [2.24, 2.45) is 0 Å². The van der Waals surface area contributed by atoms with Gasteiger partial charge in [-0.2, -0.15) is 0 Å². The van der Waals surface area contributed by atoms with Crippen molar-refractivity contribution in [2.45, 2.75) is 148 Å². The molecule has 0 aliphatic rings. The lowest BCUT2D eigenvalue weighted by Crippen LogP contribution is -2.36. The number of unbranched alkanes of at least 4 members (excludes halogenated alkanes) is 19. The molecule has 0 spiro atoms. The van der Waals surface area contributed by atoms with Gasteiger partial charge in [0.15, 0.2) is 5.78 Å². The molecule has 0 unspecified atom stereocenters. The molecule has 2 amide bonds. The minimum absolute atomic E-state index is 0.0167. The summed E-state index contributed by atoms with van der Waals surface area (Å²) in [6.07, 6.45) is 27.0. The molecule has 5 heteroatoms. The first kappa shape index (κ1) is 34.0. The Morgan fingerprint density at radius 3 is 1.34 bits per heavy atom. The molecule has 218 valence electrons. The van der Waals surface area contributed by atoms with Gasteiger partial charge in [-0.1, -0.05) is 122 Å². The van der Waals surface area contributed by atoms with Gasteiger partial charge < -0.3 is 15.7 Å². The molecule has 0 fully saturated rings. The second kappa shape index (κ2) is 25.2. The Hall–Kier alpha value is -2.04. The van der Waals surface area contributed by atoms with E-state index in [9.17, 15) is 14.7 Å². The molecular formula is C33H58N2O3. The predicted molar refractivity (Wildman–Crippen MR) is 161 cm³/mol. The smallest absolute Gasteiger partial charge is 0.314 e. The Kier molecular flexibility index (Phi) is 22.6. The van der Waals surface area contributed by atoms with Crippen LogP contribution in [0.25, 0.3) is 0 Å². The summed E-state index contributed by atoms with van der Waals surface area (Å²) >= 11 is 0. The zero-order chi connectivity index (χ0) is 27.5. The third kappa shape index (κ3) is 21.0. The standard InChI is InChI=1S/C33H58N2O3/c1-2-3-4-5-6-7-8-9-12-15-18-21-28-34-33(38)35-29-22-19-16-13-10-11-14-17-20-23-32(37)30-24-26-31(36)27-25-30/h24-27,36H,2-23,28-29H2,1H3,(H2,34,35,38). The molecule has 38 heavy (non-hydrogen) atoms. The fourth-order valence-electron chi connectivity index (χ4n) is 4.87. The number of rotatable bonds is 26. The summed E-state index contributed by atoms with van der Waals surface area (Å²) in [6, 6.07) is 6.51. The first-order valence-corrected chi connectivity index (χ1v) is 16.0. The maximum absolute atomic E-state index is 12.1. The van der Waals surface area contributed by atoms with Gasteiger partial charge in [0, 0.05) is 25.1 Å². The van der Waals surface area contributed by atoms with Crippen molar-refractivity contribution in [2.75, 3.05) is 13.1 Å². The normalized spacial score (nSPS) is 11.0. The summed E-state index contributed by atoms with van der Waals surface area (Å²) in [6.45, 7) is 3.82. The second-order valence-corrected chi connectivity index (χ2v) is 11.0. The summed E-state index contributed by atoms with van der Waals surface area (Å²) in [4.78, 5) is 24.0. The molecule has 0 atom stereocenters. The third-order valence-corrected chi connectivity index (χ3v) is 7.37. The van der Waals surface area contributed by atoms with E-state index in [4.69, 9.17) is 0 Å². The highest BCUT2D eigenvalue weighted by molar-refractivity contribution is 5.96. The molecule has 0 saturated carbocycles. The number of phenols is 1. The van der Waals surface area contributed by atoms with Gasteiger partial charge >= 0.3 is 6.03 Å². The van der Waals surface area contributed by atoms with E-state index in [0.717, 1.165) is 38.8 Å². The van der Waals surface area contributed by atoms with Crippen molar-refractivity contribution in [1.82, 2.24) is 10.6 Å². The number of aromatic hydroxyl groups is 1. The molecule has 1 rings (SSSR count). The van der Waals surface area contributed by atoms with E-state index in [1.165, 1.54) is 109 Å². The average Bonchev–Trinajstić information content (AvgIpc) is 2.92. The Balaban J connectivity index is 1.76. The number of hydrogen-bond donors (Lipinski definition) is 3. The fourth-order valence-corrected chi connectivity index (χ4v) is 4.87. The number of Topliss-reactive ketones (excluding diaryl/α,β-unsaturated/α-hetero) is 1.